The van der Waals surface area contributed by atoms with Crippen LogP contribution in [0.2, 0.25) is 5.02 Å². The van der Waals surface area contributed by atoms with Crippen molar-refractivity contribution in [3.05, 3.63) is 29.3 Å². The van der Waals surface area contributed by atoms with Gasteiger partial charge in [0.1, 0.15) is 5.25 Å². The smallest absolute Gasteiger partial charge is 0.239 e. The third-order valence-corrected chi connectivity index (χ3v) is 4.11. The number of aliphatic hydroxyl groups is 1. The van der Waals surface area contributed by atoms with E-state index in [-0.39, 0.29) is 18.3 Å². The average molecular weight is 276 g/mol. The number of benzene rings is 1. The van der Waals surface area contributed by atoms with Gasteiger partial charge in [0.25, 0.3) is 0 Å². The summed E-state index contributed by atoms with van der Waals surface area (Å²) in [6, 6.07) is 6.83. The number of rotatable bonds is 5. The van der Waals surface area contributed by atoms with Crippen molar-refractivity contribution < 1.29 is 14.1 Å². The molecule has 0 aliphatic rings. The molecular formula is C11H14ClNO3S. The van der Waals surface area contributed by atoms with E-state index in [1.807, 2.05) is 0 Å². The fourth-order valence-electron chi connectivity index (χ4n) is 1.18. The molecule has 2 N–H and O–H groups in total. The molecule has 0 saturated carbocycles. The van der Waals surface area contributed by atoms with E-state index in [2.05, 4.69) is 5.32 Å². The summed E-state index contributed by atoms with van der Waals surface area (Å²) in [5.41, 5.74) is 0.493. The first-order chi connectivity index (χ1) is 8.06. The van der Waals surface area contributed by atoms with Crippen LogP contribution in [0.4, 0.5) is 5.69 Å². The first-order valence-electron chi connectivity index (χ1n) is 5.09. The van der Waals surface area contributed by atoms with Crippen molar-refractivity contribution >= 4 is 34.0 Å². The van der Waals surface area contributed by atoms with E-state index < -0.39 is 16.0 Å². The van der Waals surface area contributed by atoms with Crippen LogP contribution in [0.25, 0.3) is 0 Å². The average Bonchev–Trinajstić information content (AvgIpc) is 2.31. The molecule has 0 heterocycles. The Labute approximate surface area is 107 Å². The Balaban J connectivity index is 2.67. The lowest BCUT2D eigenvalue weighted by molar-refractivity contribution is -0.115. The van der Waals surface area contributed by atoms with Gasteiger partial charge in [-0.2, -0.15) is 0 Å². The zero-order valence-corrected chi connectivity index (χ0v) is 10.9. The Morgan fingerprint density at radius 1 is 1.53 bits per heavy atom. The highest BCUT2D eigenvalue weighted by atomic mass is 35.5. The maximum Gasteiger partial charge on any atom is 0.239 e. The van der Waals surface area contributed by atoms with Crippen molar-refractivity contribution in [1.82, 2.24) is 0 Å². The van der Waals surface area contributed by atoms with Crippen LogP contribution in [0.1, 0.15) is 6.92 Å². The van der Waals surface area contributed by atoms with Crippen molar-refractivity contribution in [3.63, 3.8) is 0 Å². The molecule has 0 spiro atoms. The number of para-hydroxylation sites is 1. The Morgan fingerprint density at radius 3 is 2.76 bits per heavy atom. The van der Waals surface area contributed by atoms with Crippen molar-refractivity contribution in [3.8, 4) is 0 Å². The number of amides is 1. The van der Waals surface area contributed by atoms with E-state index in [1.54, 1.807) is 31.2 Å². The molecule has 2 unspecified atom stereocenters. The SMILES string of the molecule is CC(C(=O)Nc1ccccc1Cl)S(=O)CCO. The molecule has 0 fully saturated rings. The van der Waals surface area contributed by atoms with Gasteiger partial charge in [-0.3, -0.25) is 9.00 Å². The van der Waals surface area contributed by atoms with Crippen LogP contribution in [0.3, 0.4) is 0 Å². The van der Waals surface area contributed by atoms with Gasteiger partial charge < -0.3 is 10.4 Å². The highest BCUT2D eigenvalue weighted by Gasteiger charge is 2.19. The molecule has 6 heteroatoms. The van der Waals surface area contributed by atoms with Crippen molar-refractivity contribution in [2.75, 3.05) is 17.7 Å². The largest absolute Gasteiger partial charge is 0.395 e. The van der Waals surface area contributed by atoms with Crippen LogP contribution in [0.15, 0.2) is 24.3 Å². The summed E-state index contributed by atoms with van der Waals surface area (Å²) < 4.78 is 11.5. The summed E-state index contributed by atoms with van der Waals surface area (Å²) in [6.07, 6.45) is 0. The van der Waals surface area contributed by atoms with Gasteiger partial charge in [0.2, 0.25) is 5.91 Å². The van der Waals surface area contributed by atoms with Gasteiger partial charge in [-0.1, -0.05) is 23.7 Å². The maximum absolute atomic E-state index is 11.7. The molecule has 1 rings (SSSR count). The Kier molecular flexibility index (Phi) is 5.61. The predicted molar refractivity (Wildman–Crippen MR) is 69.6 cm³/mol. The third-order valence-electron chi connectivity index (χ3n) is 2.19. The zero-order valence-electron chi connectivity index (χ0n) is 9.35. The molecule has 17 heavy (non-hydrogen) atoms. The van der Waals surface area contributed by atoms with E-state index in [0.717, 1.165) is 0 Å². The number of nitrogens with one attached hydrogen (secondary N) is 1. The maximum atomic E-state index is 11.7. The van der Waals surface area contributed by atoms with E-state index in [0.29, 0.717) is 10.7 Å². The summed E-state index contributed by atoms with van der Waals surface area (Å²) in [5.74, 6) is -0.276. The number of hydrogen-bond donors (Lipinski definition) is 2. The van der Waals surface area contributed by atoms with Crippen LogP contribution < -0.4 is 5.32 Å². The van der Waals surface area contributed by atoms with E-state index in [4.69, 9.17) is 16.7 Å². The Bertz CT molecular complexity index is 425. The minimum Gasteiger partial charge on any atom is -0.395 e. The number of anilines is 1. The second-order valence-electron chi connectivity index (χ2n) is 3.42. The molecule has 0 bridgehead atoms. The van der Waals surface area contributed by atoms with Gasteiger partial charge in [-0.05, 0) is 19.1 Å². The second kappa shape index (κ2) is 6.74. The molecule has 0 radical (unpaired) electrons. The molecule has 2 atom stereocenters. The second-order valence-corrected chi connectivity index (χ2v) is 5.70. The summed E-state index contributed by atoms with van der Waals surface area (Å²) >= 11 is 5.88. The standard InChI is InChI=1S/C11H14ClNO3S/c1-8(17(16)7-6-14)11(15)13-10-5-3-2-4-9(10)12/h2-5,8,14H,6-7H2,1H3,(H,13,15). The van der Waals surface area contributed by atoms with Gasteiger partial charge in [-0.15, -0.1) is 0 Å². The van der Waals surface area contributed by atoms with Crippen LogP contribution in [-0.4, -0.2) is 32.8 Å². The highest BCUT2D eigenvalue weighted by Crippen LogP contribution is 2.20. The lowest BCUT2D eigenvalue weighted by Gasteiger charge is -2.12. The summed E-state index contributed by atoms with van der Waals surface area (Å²) in [4.78, 5) is 11.7. The van der Waals surface area contributed by atoms with Gasteiger partial charge in [0.15, 0.2) is 0 Å². The first kappa shape index (κ1) is 14.2. The van der Waals surface area contributed by atoms with Gasteiger partial charge in [-0.25, -0.2) is 0 Å². The Hall–Kier alpha value is -0.910. The van der Waals surface area contributed by atoms with Crippen molar-refractivity contribution in [2.45, 2.75) is 12.2 Å². The number of carbonyl (C=O) groups excluding carboxylic acids is 1. The summed E-state index contributed by atoms with van der Waals surface area (Å²) in [5, 5.41) is 11.0. The molecule has 1 aromatic rings. The number of carbonyl (C=O) groups is 1. The van der Waals surface area contributed by atoms with Gasteiger partial charge >= 0.3 is 0 Å². The monoisotopic (exact) mass is 275 g/mol. The normalized spacial score (nSPS) is 14.1. The number of hydrogen-bond acceptors (Lipinski definition) is 3. The minimum atomic E-state index is -1.38. The fourth-order valence-corrected chi connectivity index (χ4v) is 2.20. The minimum absolute atomic E-state index is 0.0944. The molecule has 1 aromatic carbocycles. The molecule has 0 aromatic heterocycles. The van der Waals surface area contributed by atoms with Crippen molar-refractivity contribution in [1.29, 1.82) is 0 Å². The quantitative estimate of drug-likeness (QED) is 0.854. The molecule has 0 saturated heterocycles. The van der Waals surface area contributed by atoms with Crippen LogP contribution >= 0.6 is 11.6 Å². The van der Waals surface area contributed by atoms with Crippen LogP contribution in [0, 0.1) is 0 Å². The Morgan fingerprint density at radius 2 is 2.18 bits per heavy atom. The van der Waals surface area contributed by atoms with Gasteiger partial charge in [0.05, 0.1) is 17.3 Å². The topological polar surface area (TPSA) is 66.4 Å². The van der Waals surface area contributed by atoms with E-state index >= 15 is 0 Å². The molecule has 0 aliphatic heterocycles. The van der Waals surface area contributed by atoms with Gasteiger partial charge in [0, 0.05) is 16.6 Å². The fraction of sp³-hybridized carbons (Fsp3) is 0.364. The molecule has 94 valence electrons. The lowest BCUT2D eigenvalue weighted by Crippen LogP contribution is -2.31. The molecule has 0 aliphatic carbocycles. The van der Waals surface area contributed by atoms with Crippen LogP contribution in [-0.2, 0) is 15.6 Å². The molecular weight excluding hydrogens is 262 g/mol. The lowest BCUT2D eigenvalue weighted by atomic mass is 10.3. The van der Waals surface area contributed by atoms with E-state index in [9.17, 15) is 9.00 Å². The molecule has 4 nitrogen and oxygen atoms in total. The van der Waals surface area contributed by atoms with Crippen LogP contribution in [0.5, 0.6) is 0 Å². The first-order valence-corrected chi connectivity index (χ1v) is 6.85. The summed E-state index contributed by atoms with van der Waals surface area (Å²) in [7, 11) is -1.38. The van der Waals surface area contributed by atoms with E-state index in [1.165, 1.54) is 0 Å². The third kappa shape index (κ3) is 4.11. The highest BCUT2D eigenvalue weighted by molar-refractivity contribution is 7.86. The summed E-state index contributed by atoms with van der Waals surface area (Å²) in [6.45, 7) is 1.36. The number of aliphatic hydroxyl groups excluding tert-OH is 1. The molecule has 1 amide bonds. The zero-order chi connectivity index (χ0) is 12.8. The number of halogens is 1. The predicted octanol–water partition coefficient (Wildman–Crippen LogP) is 1.41. The van der Waals surface area contributed by atoms with Crippen molar-refractivity contribution in [2.24, 2.45) is 0 Å².